The molecule has 0 atom stereocenters. The lowest BCUT2D eigenvalue weighted by Crippen LogP contribution is -2.49. The van der Waals surface area contributed by atoms with Gasteiger partial charge in [-0.15, -0.1) is 0 Å². The molecule has 1 aliphatic rings. The Morgan fingerprint density at radius 1 is 1.13 bits per heavy atom. The van der Waals surface area contributed by atoms with E-state index >= 15 is 0 Å². The minimum Gasteiger partial charge on any atom is -0.360 e. The van der Waals surface area contributed by atoms with Gasteiger partial charge in [-0.3, -0.25) is 9.69 Å². The van der Waals surface area contributed by atoms with Crippen LogP contribution in [-0.4, -0.2) is 52.0 Å². The van der Waals surface area contributed by atoms with Crippen LogP contribution < -0.4 is 10.6 Å². The Hall–Kier alpha value is -2.42. The summed E-state index contributed by atoms with van der Waals surface area (Å²) in [5.74, 6) is 0.00752. The van der Waals surface area contributed by atoms with Crippen molar-refractivity contribution in [3.8, 4) is 0 Å². The van der Waals surface area contributed by atoms with Crippen molar-refractivity contribution in [1.29, 1.82) is 0 Å². The standard InChI is InChI=1S/C22H30F3N5O/c1-21(2,3)30(4)16-8-6-15(7-9-16)29-19(31)12-26-20-17-11-14(22(23,24)25)5-10-18(17)27-13-28-20/h5,10-11,13,15-16H,6-9,12H2,1-4H3,(H,29,31)(H,26,27,28). The highest BCUT2D eigenvalue weighted by atomic mass is 19.4. The first-order valence-electron chi connectivity index (χ1n) is 10.5. The van der Waals surface area contributed by atoms with Gasteiger partial charge in [-0.1, -0.05) is 0 Å². The van der Waals surface area contributed by atoms with Crippen LogP contribution in [0.25, 0.3) is 10.9 Å². The molecule has 2 N–H and O–H groups in total. The molecule has 1 aromatic carbocycles. The number of amides is 1. The van der Waals surface area contributed by atoms with Gasteiger partial charge >= 0.3 is 6.18 Å². The molecule has 1 amide bonds. The number of halogens is 3. The number of nitrogens with one attached hydrogen (secondary N) is 2. The number of benzene rings is 1. The molecule has 0 spiro atoms. The number of hydrogen-bond donors (Lipinski definition) is 2. The van der Waals surface area contributed by atoms with E-state index in [1.807, 2.05) is 0 Å². The number of fused-ring (bicyclic) bond motifs is 1. The third kappa shape index (κ3) is 5.84. The summed E-state index contributed by atoms with van der Waals surface area (Å²) < 4.78 is 39.1. The Balaban J connectivity index is 1.56. The molecule has 1 aromatic heterocycles. The third-order valence-electron chi connectivity index (χ3n) is 6.05. The second-order valence-electron chi connectivity index (χ2n) is 9.16. The molecular weight excluding hydrogens is 407 g/mol. The molecule has 31 heavy (non-hydrogen) atoms. The van der Waals surface area contributed by atoms with E-state index in [1.54, 1.807) is 0 Å². The molecule has 0 bridgehead atoms. The molecule has 1 saturated carbocycles. The van der Waals surface area contributed by atoms with E-state index in [2.05, 4.69) is 53.3 Å². The quantitative estimate of drug-likeness (QED) is 0.733. The van der Waals surface area contributed by atoms with Crippen LogP contribution in [0.4, 0.5) is 19.0 Å². The second kappa shape index (κ2) is 8.98. The topological polar surface area (TPSA) is 70.2 Å². The SMILES string of the molecule is CN(C1CCC(NC(=O)CNc2ncnc3ccc(C(F)(F)F)cc23)CC1)C(C)(C)C. The van der Waals surface area contributed by atoms with Gasteiger partial charge in [0, 0.05) is 23.0 Å². The molecule has 0 saturated heterocycles. The number of nitrogens with zero attached hydrogens (tertiary/aromatic N) is 3. The van der Waals surface area contributed by atoms with Crippen LogP contribution in [0, 0.1) is 0 Å². The molecular formula is C22H30F3N5O. The van der Waals surface area contributed by atoms with Crippen molar-refractivity contribution in [2.45, 2.75) is 70.3 Å². The van der Waals surface area contributed by atoms with Crippen molar-refractivity contribution in [2.75, 3.05) is 18.9 Å². The van der Waals surface area contributed by atoms with E-state index in [4.69, 9.17) is 0 Å². The number of carbonyl (C=O) groups is 1. The molecule has 1 heterocycles. The van der Waals surface area contributed by atoms with Crippen LogP contribution in [0.1, 0.15) is 52.0 Å². The van der Waals surface area contributed by atoms with Crippen molar-refractivity contribution in [2.24, 2.45) is 0 Å². The molecule has 6 nitrogen and oxygen atoms in total. The van der Waals surface area contributed by atoms with Crippen molar-refractivity contribution in [1.82, 2.24) is 20.2 Å². The number of rotatable bonds is 5. The van der Waals surface area contributed by atoms with Crippen LogP contribution in [0.2, 0.25) is 0 Å². The summed E-state index contributed by atoms with van der Waals surface area (Å²) in [6, 6.07) is 3.90. The highest BCUT2D eigenvalue weighted by Gasteiger charge is 2.31. The summed E-state index contributed by atoms with van der Waals surface area (Å²) in [5.41, 5.74) is -0.289. The molecule has 170 valence electrons. The van der Waals surface area contributed by atoms with Gasteiger partial charge in [0.1, 0.15) is 12.1 Å². The Morgan fingerprint density at radius 3 is 2.42 bits per heavy atom. The van der Waals surface area contributed by atoms with Crippen LogP contribution in [0.15, 0.2) is 24.5 Å². The fourth-order valence-corrected chi connectivity index (χ4v) is 3.97. The number of hydrogen-bond acceptors (Lipinski definition) is 5. The number of alkyl halides is 3. The molecule has 1 aliphatic carbocycles. The molecule has 9 heteroatoms. The highest BCUT2D eigenvalue weighted by Crippen LogP contribution is 2.32. The first-order valence-corrected chi connectivity index (χ1v) is 10.5. The zero-order valence-corrected chi connectivity index (χ0v) is 18.4. The first kappa shape index (κ1) is 23.2. The van der Waals surface area contributed by atoms with Gasteiger partial charge in [0.05, 0.1) is 17.6 Å². The predicted octanol–water partition coefficient (Wildman–Crippen LogP) is 4.22. The maximum atomic E-state index is 13.0. The van der Waals surface area contributed by atoms with Crippen LogP contribution >= 0.6 is 0 Å². The number of aromatic nitrogens is 2. The van der Waals surface area contributed by atoms with Gasteiger partial charge in [-0.25, -0.2) is 9.97 Å². The Labute approximate surface area is 180 Å². The summed E-state index contributed by atoms with van der Waals surface area (Å²) in [6.07, 6.45) is 0.650. The highest BCUT2D eigenvalue weighted by molar-refractivity contribution is 5.91. The molecule has 0 radical (unpaired) electrons. The van der Waals surface area contributed by atoms with Crippen molar-refractivity contribution in [3.05, 3.63) is 30.1 Å². The monoisotopic (exact) mass is 437 g/mol. The molecule has 0 aliphatic heterocycles. The van der Waals surface area contributed by atoms with Crippen molar-refractivity contribution in [3.63, 3.8) is 0 Å². The van der Waals surface area contributed by atoms with E-state index in [0.29, 0.717) is 11.6 Å². The van der Waals surface area contributed by atoms with Gasteiger partial charge in [0.15, 0.2) is 0 Å². The van der Waals surface area contributed by atoms with E-state index < -0.39 is 11.7 Å². The first-order chi connectivity index (χ1) is 14.4. The normalized spacial score (nSPS) is 20.1. The van der Waals surface area contributed by atoms with E-state index in [-0.39, 0.29) is 35.2 Å². The zero-order valence-electron chi connectivity index (χ0n) is 18.4. The summed E-state index contributed by atoms with van der Waals surface area (Å²) in [7, 11) is 2.14. The van der Waals surface area contributed by atoms with Crippen LogP contribution in [-0.2, 0) is 11.0 Å². The zero-order chi connectivity index (χ0) is 22.8. The Morgan fingerprint density at radius 2 is 1.81 bits per heavy atom. The molecule has 1 fully saturated rings. The fraction of sp³-hybridized carbons (Fsp3) is 0.591. The average Bonchev–Trinajstić information content (AvgIpc) is 2.70. The van der Waals surface area contributed by atoms with E-state index in [9.17, 15) is 18.0 Å². The summed E-state index contributed by atoms with van der Waals surface area (Å²) in [6.45, 7) is 6.52. The summed E-state index contributed by atoms with van der Waals surface area (Å²) >= 11 is 0. The van der Waals surface area contributed by atoms with Crippen molar-refractivity contribution < 1.29 is 18.0 Å². The van der Waals surface area contributed by atoms with Gasteiger partial charge in [-0.2, -0.15) is 13.2 Å². The third-order valence-corrected chi connectivity index (χ3v) is 6.05. The maximum absolute atomic E-state index is 13.0. The molecule has 2 aromatic rings. The number of anilines is 1. The largest absolute Gasteiger partial charge is 0.416 e. The van der Waals surface area contributed by atoms with Gasteiger partial charge in [0.2, 0.25) is 5.91 Å². The lowest BCUT2D eigenvalue weighted by atomic mass is 9.88. The summed E-state index contributed by atoms with van der Waals surface area (Å²) in [4.78, 5) is 22.8. The Kier molecular flexibility index (Phi) is 6.73. The Bertz CT molecular complexity index is 917. The predicted molar refractivity (Wildman–Crippen MR) is 115 cm³/mol. The van der Waals surface area contributed by atoms with Crippen molar-refractivity contribution >= 4 is 22.6 Å². The lowest BCUT2D eigenvalue weighted by molar-refractivity contribution is -0.137. The van der Waals surface area contributed by atoms with Gasteiger partial charge in [-0.05, 0) is 71.7 Å². The van der Waals surface area contributed by atoms with Crippen LogP contribution in [0.5, 0.6) is 0 Å². The molecule has 3 rings (SSSR count). The van der Waals surface area contributed by atoms with Gasteiger partial charge in [0.25, 0.3) is 0 Å². The average molecular weight is 438 g/mol. The van der Waals surface area contributed by atoms with Gasteiger partial charge < -0.3 is 10.6 Å². The fourth-order valence-electron chi connectivity index (χ4n) is 3.97. The lowest BCUT2D eigenvalue weighted by Gasteiger charge is -2.42. The minimum absolute atomic E-state index is 0.0653. The van der Waals surface area contributed by atoms with E-state index in [0.717, 1.165) is 37.8 Å². The second-order valence-corrected chi connectivity index (χ2v) is 9.16. The summed E-state index contributed by atoms with van der Waals surface area (Å²) in [5, 5.41) is 6.12. The molecule has 0 unspecified atom stereocenters. The van der Waals surface area contributed by atoms with Crippen LogP contribution in [0.3, 0.4) is 0 Å². The number of carbonyl (C=O) groups excluding carboxylic acids is 1. The van der Waals surface area contributed by atoms with E-state index in [1.165, 1.54) is 12.4 Å². The minimum atomic E-state index is -4.46. The smallest absolute Gasteiger partial charge is 0.360 e. The maximum Gasteiger partial charge on any atom is 0.416 e.